The van der Waals surface area contributed by atoms with Gasteiger partial charge in [-0.2, -0.15) is 21.6 Å². The Morgan fingerprint density at radius 2 is 1.26 bits per heavy atom. The molecule has 0 amide bonds. The Morgan fingerprint density at radius 3 is 1.65 bits per heavy atom. The minimum atomic E-state index is -5.84. The van der Waals surface area contributed by atoms with Crippen LogP contribution in [0.4, 0.5) is 13.2 Å². The molecule has 0 aliphatic heterocycles. The summed E-state index contributed by atoms with van der Waals surface area (Å²) < 4.78 is 57.5. The van der Waals surface area contributed by atoms with Crippen LogP contribution in [0.15, 0.2) is 77.7 Å². The lowest BCUT2D eigenvalue weighted by atomic mass is 9.87. The Morgan fingerprint density at radius 1 is 0.839 bits per heavy atom. The van der Waals surface area contributed by atoms with Crippen LogP contribution < -0.4 is 0 Å². The monoisotopic (exact) mass is 468 g/mol. The molecule has 3 aromatic rings. The average Bonchev–Trinajstić information content (AvgIpc) is 2.69. The van der Waals surface area contributed by atoms with Gasteiger partial charge in [0.05, 0.1) is 0 Å². The molecular weight excluding hydrogens is 445 g/mol. The first-order chi connectivity index (χ1) is 14.4. The highest BCUT2D eigenvalue weighted by Crippen LogP contribution is 2.40. The molecule has 166 valence electrons. The quantitative estimate of drug-likeness (QED) is 0.249. The largest absolute Gasteiger partial charge is 0.522 e. The van der Waals surface area contributed by atoms with Crippen LogP contribution in [0.1, 0.15) is 19.4 Å². The number of hydrogen-bond donors (Lipinski definition) is 2. The highest BCUT2D eigenvalue weighted by Gasteiger charge is 2.44. The summed E-state index contributed by atoms with van der Waals surface area (Å²) in [4.78, 5) is 1.03. The molecule has 0 spiro atoms. The van der Waals surface area contributed by atoms with Crippen molar-refractivity contribution in [3.63, 3.8) is 0 Å². The van der Waals surface area contributed by atoms with E-state index in [0.29, 0.717) is 5.92 Å². The van der Waals surface area contributed by atoms with E-state index in [0.717, 1.165) is 11.3 Å². The van der Waals surface area contributed by atoms with Gasteiger partial charge in [0.15, 0.2) is 0 Å². The van der Waals surface area contributed by atoms with Crippen molar-refractivity contribution >= 4 is 22.7 Å². The normalized spacial score (nSPS) is 11.7. The van der Waals surface area contributed by atoms with Gasteiger partial charge >= 0.3 is 15.6 Å². The molecule has 0 atom stereocenters. The average molecular weight is 469 g/mol. The fourth-order valence-corrected chi connectivity index (χ4v) is 3.39. The smallest absolute Gasteiger partial charge is 0.279 e. The van der Waals surface area contributed by atoms with Crippen LogP contribution in [0.25, 0.3) is 22.3 Å². The van der Waals surface area contributed by atoms with E-state index in [9.17, 15) is 13.2 Å². The predicted molar refractivity (Wildman–Crippen MR) is 121 cm³/mol. The van der Waals surface area contributed by atoms with Crippen LogP contribution in [-0.2, 0) is 16.5 Å². The van der Waals surface area contributed by atoms with E-state index < -0.39 is 15.6 Å². The molecule has 3 rings (SSSR count). The molecule has 0 aliphatic carbocycles. The third-order valence-corrected chi connectivity index (χ3v) is 5.27. The molecule has 0 saturated carbocycles. The molecule has 3 aromatic carbocycles. The van der Waals surface area contributed by atoms with Crippen molar-refractivity contribution < 1.29 is 26.1 Å². The molecule has 0 unspecified atom stereocenters. The Balaban J connectivity index is 0.000000366. The zero-order valence-corrected chi connectivity index (χ0v) is 18.7. The van der Waals surface area contributed by atoms with Gasteiger partial charge in [-0.25, -0.2) is 0 Å². The topological polar surface area (TPSA) is 54.4 Å². The molecule has 8 heteroatoms. The van der Waals surface area contributed by atoms with Crippen molar-refractivity contribution in [2.75, 3.05) is 0 Å². The molecule has 1 N–H and O–H groups in total. The second-order valence-corrected chi connectivity index (χ2v) is 9.14. The molecule has 0 aliphatic rings. The summed E-state index contributed by atoms with van der Waals surface area (Å²) in [5.74, 6) is 0.617. The van der Waals surface area contributed by atoms with Crippen molar-refractivity contribution in [3.8, 4) is 22.3 Å². The number of alkyl halides is 3. The third-order valence-electron chi connectivity index (χ3n) is 4.32. The van der Waals surface area contributed by atoms with Crippen LogP contribution in [0.2, 0.25) is 0 Å². The predicted octanol–water partition coefficient (Wildman–Crippen LogP) is 6.90. The molecular formula is C23H23F3O3S2. The number of rotatable bonds is 4. The molecule has 0 bridgehead atoms. The summed E-state index contributed by atoms with van der Waals surface area (Å²) in [7, 11) is -5.84. The zero-order valence-electron chi connectivity index (χ0n) is 17.0. The van der Waals surface area contributed by atoms with E-state index >= 15 is 0 Å². The van der Waals surface area contributed by atoms with Gasteiger partial charge in [-0.1, -0.05) is 80.6 Å². The molecule has 0 radical (unpaired) electrons. The Bertz CT molecular complexity index is 1100. The van der Waals surface area contributed by atoms with E-state index in [1.165, 1.54) is 27.8 Å². The van der Waals surface area contributed by atoms with Gasteiger partial charge in [0, 0.05) is 10.5 Å². The molecule has 0 saturated heterocycles. The summed E-state index contributed by atoms with van der Waals surface area (Å²) >= 11 is 4.77. The summed E-state index contributed by atoms with van der Waals surface area (Å²) in [6, 6.07) is 25.6. The van der Waals surface area contributed by atoms with E-state index in [4.69, 9.17) is 25.6 Å². The number of halogens is 3. The lowest BCUT2D eigenvalue weighted by Crippen LogP contribution is -2.21. The molecule has 0 heterocycles. The third kappa shape index (κ3) is 6.85. The molecule has 0 fully saturated rings. The number of hydrogen-bond acceptors (Lipinski definition) is 3. The van der Waals surface area contributed by atoms with Gasteiger partial charge in [0.25, 0.3) is 0 Å². The summed E-state index contributed by atoms with van der Waals surface area (Å²) in [6.07, 6.45) is 1.07. The molecule has 3 nitrogen and oxygen atoms in total. The minimum Gasteiger partial charge on any atom is -0.279 e. The van der Waals surface area contributed by atoms with Crippen molar-refractivity contribution in [2.24, 2.45) is 5.92 Å². The second-order valence-electron chi connectivity index (χ2n) is 7.24. The second kappa shape index (κ2) is 10.3. The van der Waals surface area contributed by atoms with Gasteiger partial charge in [0.2, 0.25) is 0 Å². The van der Waals surface area contributed by atoms with Crippen molar-refractivity contribution in [3.05, 3.63) is 78.4 Å². The maximum Gasteiger partial charge on any atom is 0.522 e. The van der Waals surface area contributed by atoms with E-state index in [1.54, 1.807) is 0 Å². The van der Waals surface area contributed by atoms with Crippen molar-refractivity contribution in [2.45, 2.75) is 30.7 Å². The molecule has 0 aromatic heterocycles. The van der Waals surface area contributed by atoms with Gasteiger partial charge in [-0.15, -0.1) is 12.6 Å². The fourth-order valence-electron chi connectivity index (χ4n) is 3.08. The highest BCUT2D eigenvalue weighted by atomic mass is 32.2. The zero-order chi connectivity index (χ0) is 23.2. The SMILES string of the molecule is CC(C)Cc1ccc(S)c(-c2ccccc2)c1-c1ccccc1.O=S(=O)(O)C(F)(F)F. The Hall–Kier alpha value is -2.29. The van der Waals surface area contributed by atoms with E-state index in [2.05, 4.69) is 86.6 Å². The van der Waals surface area contributed by atoms with Gasteiger partial charge < -0.3 is 0 Å². The van der Waals surface area contributed by atoms with Gasteiger partial charge in [0.1, 0.15) is 0 Å². The first-order valence-corrected chi connectivity index (χ1v) is 11.3. The van der Waals surface area contributed by atoms with Crippen LogP contribution in [-0.4, -0.2) is 18.5 Å². The Labute approximate surface area is 186 Å². The van der Waals surface area contributed by atoms with E-state index in [-0.39, 0.29) is 0 Å². The van der Waals surface area contributed by atoms with Crippen LogP contribution in [0.5, 0.6) is 0 Å². The minimum absolute atomic E-state index is 0.617. The van der Waals surface area contributed by atoms with Crippen molar-refractivity contribution in [1.82, 2.24) is 0 Å². The lowest BCUT2D eigenvalue weighted by Gasteiger charge is -2.19. The Kier molecular flexibility index (Phi) is 8.34. The summed E-state index contributed by atoms with van der Waals surface area (Å²) in [5, 5.41) is 0. The number of benzene rings is 3. The van der Waals surface area contributed by atoms with Crippen LogP contribution >= 0.6 is 12.6 Å². The molecule has 31 heavy (non-hydrogen) atoms. The maximum atomic E-state index is 10.7. The number of thiol groups is 1. The van der Waals surface area contributed by atoms with Gasteiger partial charge in [-0.3, -0.25) is 4.55 Å². The first-order valence-electron chi connectivity index (χ1n) is 9.41. The first kappa shape index (κ1) is 25.0. The maximum absolute atomic E-state index is 10.7. The van der Waals surface area contributed by atoms with E-state index in [1.807, 2.05) is 0 Å². The summed E-state index contributed by atoms with van der Waals surface area (Å²) in [5.41, 5.74) is 0.895. The van der Waals surface area contributed by atoms with Crippen molar-refractivity contribution in [1.29, 1.82) is 0 Å². The lowest BCUT2D eigenvalue weighted by molar-refractivity contribution is -0.0510. The fraction of sp³-hybridized carbons (Fsp3) is 0.217. The van der Waals surface area contributed by atoms with Crippen LogP contribution in [0, 0.1) is 5.92 Å². The standard InChI is InChI=1S/C22H22S.CHF3O3S/c1-16(2)15-19-13-14-20(23)22(18-11-7-4-8-12-18)21(19)17-9-5-3-6-10-17;2-1(3,4)8(5,6)7/h3-14,16,23H,15H2,1-2H3;(H,5,6,7). The summed E-state index contributed by atoms with van der Waals surface area (Å²) in [6.45, 7) is 4.54. The highest BCUT2D eigenvalue weighted by molar-refractivity contribution is 7.86. The van der Waals surface area contributed by atoms with Gasteiger partial charge in [-0.05, 0) is 40.7 Å². The van der Waals surface area contributed by atoms with Crippen LogP contribution in [0.3, 0.4) is 0 Å².